The van der Waals surface area contributed by atoms with Gasteiger partial charge in [-0.2, -0.15) is 0 Å². The predicted molar refractivity (Wildman–Crippen MR) is 55.2 cm³/mol. The zero-order valence-corrected chi connectivity index (χ0v) is 8.36. The maximum Gasteiger partial charge on any atom is 0.231 e. The van der Waals surface area contributed by atoms with Gasteiger partial charge in [-0.15, -0.1) is 0 Å². The van der Waals surface area contributed by atoms with Crippen LogP contribution in [0.4, 0.5) is 0 Å². The number of aldehydes is 1. The number of hydrogen-bond acceptors (Lipinski definition) is 4. The summed E-state index contributed by atoms with van der Waals surface area (Å²) in [6.45, 7) is 1.51. The molecule has 1 N–H and O–H groups in total. The summed E-state index contributed by atoms with van der Waals surface area (Å²) in [5.41, 5.74) is 1.18. The van der Waals surface area contributed by atoms with E-state index in [9.17, 15) is 4.79 Å². The van der Waals surface area contributed by atoms with Gasteiger partial charge in [-0.05, 0) is 30.7 Å². The lowest BCUT2D eigenvalue weighted by Gasteiger charge is -2.03. The molecule has 0 fully saturated rings. The molecule has 0 unspecified atom stereocenters. The van der Waals surface area contributed by atoms with Gasteiger partial charge in [0, 0.05) is 0 Å². The molecule has 0 saturated carbocycles. The zero-order valence-electron chi connectivity index (χ0n) is 8.36. The third kappa shape index (κ3) is 2.47. The summed E-state index contributed by atoms with van der Waals surface area (Å²) in [5.74, 6) is 1.61. The maximum atomic E-state index is 10.1. The first-order chi connectivity index (χ1) is 7.40. The van der Waals surface area contributed by atoms with E-state index in [-0.39, 0.29) is 0 Å². The summed E-state index contributed by atoms with van der Waals surface area (Å²) in [4.78, 5) is 10.1. The Bertz CT molecular complexity index is 352. The molecule has 0 aromatic heterocycles. The largest absolute Gasteiger partial charge is 0.454 e. The first kappa shape index (κ1) is 9.98. The molecule has 15 heavy (non-hydrogen) atoms. The summed E-state index contributed by atoms with van der Waals surface area (Å²) in [6, 6.07) is 5.90. The minimum atomic E-state index is 0.308. The summed E-state index contributed by atoms with van der Waals surface area (Å²) in [5, 5.41) is 3.01. The van der Waals surface area contributed by atoms with Gasteiger partial charge >= 0.3 is 0 Å². The van der Waals surface area contributed by atoms with Gasteiger partial charge in [-0.3, -0.25) is 0 Å². The second-order valence-corrected chi connectivity index (χ2v) is 3.31. The molecule has 0 atom stereocenters. The Morgan fingerprint density at radius 2 is 2.20 bits per heavy atom. The van der Waals surface area contributed by atoms with E-state index in [0.29, 0.717) is 13.3 Å². The van der Waals surface area contributed by atoms with Gasteiger partial charge in [0.25, 0.3) is 0 Å². The lowest BCUT2D eigenvalue weighted by Crippen LogP contribution is -2.19. The van der Waals surface area contributed by atoms with Gasteiger partial charge in [0.1, 0.15) is 6.29 Å². The van der Waals surface area contributed by atoms with Gasteiger partial charge < -0.3 is 19.6 Å². The summed E-state index contributed by atoms with van der Waals surface area (Å²) in [6.07, 6.45) is 1.74. The third-order valence-corrected chi connectivity index (χ3v) is 2.26. The second kappa shape index (κ2) is 4.79. The maximum absolute atomic E-state index is 10.1. The van der Waals surface area contributed by atoms with Gasteiger partial charge in [0.2, 0.25) is 6.79 Å². The van der Waals surface area contributed by atoms with Crippen LogP contribution in [0.2, 0.25) is 0 Å². The number of nitrogens with one attached hydrogen (secondary N) is 1. The Kier molecular flexibility index (Phi) is 3.19. The van der Waals surface area contributed by atoms with Crippen LogP contribution in [-0.4, -0.2) is 26.2 Å². The summed E-state index contributed by atoms with van der Waals surface area (Å²) < 4.78 is 10.5. The quantitative estimate of drug-likeness (QED) is 0.571. The fourth-order valence-corrected chi connectivity index (χ4v) is 1.49. The van der Waals surface area contributed by atoms with E-state index in [0.717, 1.165) is 30.8 Å². The van der Waals surface area contributed by atoms with E-state index in [1.54, 1.807) is 0 Å². The third-order valence-electron chi connectivity index (χ3n) is 2.26. The highest BCUT2D eigenvalue weighted by molar-refractivity contribution is 5.51. The number of benzene rings is 1. The fraction of sp³-hybridized carbons (Fsp3) is 0.364. The number of carbonyl (C=O) groups excluding carboxylic acids is 1. The van der Waals surface area contributed by atoms with Crippen LogP contribution < -0.4 is 14.8 Å². The van der Waals surface area contributed by atoms with Crippen molar-refractivity contribution in [1.29, 1.82) is 0 Å². The van der Waals surface area contributed by atoms with E-state index in [4.69, 9.17) is 9.47 Å². The monoisotopic (exact) mass is 207 g/mol. The Balaban J connectivity index is 1.89. The molecular formula is C11H13NO3. The molecule has 1 aromatic carbocycles. The van der Waals surface area contributed by atoms with E-state index < -0.39 is 0 Å². The normalized spacial score (nSPS) is 12.8. The molecule has 4 heteroatoms. The molecule has 80 valence electrons. The highest BCUT2D eigenvalue weighted by Gasteiger charge is 2.12. The summed E-state index contributed by atoms with van der Waals surface area (Å²) >= 11 is 0. The lowest BCUT2D eigenvalue weighted by molar-refractivity contribution is -0.107. The van der Waals surface area contributed by atoms with Crippen LogP contribution in [-0.2, 0) is 11.2 Å². The van der Waals surface area contributed by atoms with Gasteiger partial charge in [0.15, 0.2) is 11.5 Å². The van der Waals surface area contributed by atoms with Crippen molar-refractivity contribution in [2.75, 3.05) is 19.9 Å². The van der Waals surface area contributed by atoms with Gasteiger partial charge in [0.05, 0.1) is 6.54 Å². The lowest BCUT2D eigenvalue weighted by atomic mass is 10.1. The first-order valence-electron chi connectivity index (χ1n) is 4.93. The van der Waals surface area contributed by atoms with Crippen molar-refractivity contribution in [3.63, 3.8) is 0 Å². The summed E-state index contributed by atoms with van der Waals surface area (Å²) in [7, 11) is 0. The second-order valence-electron chi connectivity index (χ2n) is 3.31. The molecule has 4 nitrogen and oxygen atoms in total. The van der Waals surface area contributed by atoms with Crippen LogP contribution in [0.1, 0.15) is 5.56 Å². The topological polar surface area (TPSA) is 47.6 Å². The van der Waals surface area contributed by atoms with Crippen molar-refractivity contribution in [3.05, 3.63) is 23.8 Å². The number of carbonyl (C=O) groups is 1. The highest BCUT2D eigenvalue weighted by Crippen LogP contribution is 2.32. The molecular weight excluding hydrogens is 194 g/mol. The average Bonchev–Trinajstić information content (AvgIpc) is 2.71. The number of hydrogen-bond donors (Lipinski definition) is 1. The molecule has 1 aromatic rings. The number of rotatable bonds is 5. The minimum Gasteiger partial charge on any atom is -0.454 e. The van der Waals surface area contributed by atoms with Crippen LogP contribution in [0.3, 0.4) is 0 Å². The van der Waals surface area contributed by atoms with Gasteiger partial charge in [-0.25, -0.2) is 0 Å². The van der Waals surface area contributed by atoms with Crippen LogP contribution in [0, 0.1) is 0 Å². The van der Waals surface area contributed by atoms with Crippen molar-refractivity contribution < 1.29 is 14.3 Å². The molecule has 1 aliphatic rings. The van der Waals surface area contributed by atoms with Crippen molar-refractivity contribution >= 4 is 6.29 Å². The van der Waals surface area contributed by atoms with Crippen LogP contribution in [0.25, 0.3) is 0 Å². The number of fused-ring (bicyclic) bond motifs is 1. The predicted octanol–water partition coefficient (Wildman–Crippen LogP) is 0.746. The molecule has 0 radical (unpaired) electrons. The fourth-order valence-electron chi connectivity index (χ4n) is 1.49. The van der Waals surface area contributed by atoms with Crippen molar-refractivity contribution in [2.45, 2.75) is 6.42 Å². The zero-order chi connectivity index (χ0) is 10.5. The average molecular weight is 207 g/mol. The van der Waals surface area contributed by atoms with E-state index in [1.165, 1.54) is 5.56 Å². The van der Waals surface area contributed by atoms with Crippen molar-refractivity contribution in [2.24, 2.45) is 0 Å². The molecule has 1 aliphatic heterocycles. The first-order valence-corrected chi connectivity index (χ1v) is 4.93. The molecule has 0 spiro atoms. The molecule has 1 heterocycles. The number of ether oxygens (including phenoxy) is 2. The Morgan fingerprint density at radius 1 is 1.33 bits per heavy atom. The molecule has 0 saturated heterocycles. The smallest absolute Gasteiger partial charge is 0.231 e. The van der Waals surface area contributed by atoms with Gasteiger partial charge in [-0.1, -0.05) is 6.07 Å². The highest BCUT2D eigenvalue weighted by atomic mass is 16.7. The van der Waals surface area contributed by atoms with Crippen LogP contribution in [0.5, 0.6) is 11.5 Å². The van der Waals surface area contributed by atoms with E-state index in [1.807, 2.05) is 18.2 Å². The van der Waals surface area contributed by atoms with Crippen molar-refractivity contribution in [3.8, 4) is 11.5 Å². The Hall–Kier alpha value is -1.55. The molecule has 0 amide bonds. The molecule has 0 aliphatic carbocycles. The van der Waals surface area contributed by atoms with E-state index >= 15 is 0 Å². The molecule has 0 bridgehead atoms. The van der Waals surface area contributed by atoms with Crippen LogP contribution in [0.15, 0.2) is 18.2 Å². The minimum absolute atomic E-state index is 0.308. The van der Waals surface area contributed by atoms with E-state index in [2.05, 4.69) is 5.32 Å². The molecule has 2 rings (SSSR count). The standard InChI is InChI=1S/C11H13NO3/c13-6-5-12-4-3-9-1-2-10-11(7-9)15-8-14-10/h1-2,6-7,12H,3-5,8H2. The SMILES string of the molecule is O=CCNCCc1ccc2c(c1)OCO2. The van der Waals surface area contributed by atoms with Crippen LogP contribution >= 0.6 is 0 Å². The van der Waals surface area contributed by atoms with Crippen molar-refractivity contribution in [1.82, 2.24) is 5.32 Å². The Morgan fingerprint density at radius 3 is 3.07 bits per heavy atom. The Labute approximate surface area is 88.2 Å².